The summed E-state index contributed by atoms with van der Waals surface area (Å²) < 4.78 is 0. The third-order valence-electron chi connectivity index (χ3n) is 2.14. The van der Waals surface area contributed by atoms with E-state index < -0.39 is 0 Å². The van der Waals surface area contributed by atoms with Gasteiger partial charge in [0, 0.05) is 5.39 Å². The van der Waals surface area contributed by atoms with Gasteiger partial charge in [0.15, 0.2) is 0 Å². The second-order valence-corrected chi connectivity index (χ2v) is 3.07. The van der Waals surface area contributed by atoms with Gasteiger partial charge < -0.3 is 5.11 Å². The molecular formula is C11H11NO. The van der Waals surface area contributed by atoms with E-state index in [4.69, 9.17) is 0 Å². The van der Waals surface area contributed by atoms with E-state index in [1.165, 1.54) is 11.8 Å². The van der Waals surface area contributed by atoms with Gasteiger partial charge in [0.25, 0.3) is 0 Å². The Morgan fingerprint density at radius 2 is 2.15 bits per heavy atom. The molecule has 0 bridgehead atoms. The molecule has 0 saturated carbocycles. The summed E-state index contributed by atoms with van der Waals surface area (Å²) in [6.07, 6.45) is 2.47. The number of pyridine rings is 1. The van der Waals surface area contributed by atoms with E-state index in [-0.39, 0.29) is 5.75 Å². The largest absolute Gasteiger partial charge is 0.506 e. The fraction of sp³-hybridized carbons (Fsp3) is 0.182. The van der Waals surface area contributed by atoms with Crippen LogP contribution in [0.4, 0.5) is 0 Å². The predicted molar refractivity (Wildman–Crippen MR) is 52.8 cm³/mol. The van der Waals surface area contributed by atoms with Crippen molar-refractivity contribution in [1.82, 2.24) is 4.98 Å². The fourth-order valence-electron chi connectivity index (χ4n) is 1.39. The monoisotopic (exact) mass is 173 g/mol. The van der Waals surface area contributed by atoms with Crippen LogP contribution in [0.15, 0.2) is 30.5 Å². The van der Waals surface area contributed by atoms with Crippen molar-refractivity contribution in [3.05, 3.63) is 36.0 Å². The number of hydrogen-bond donors (Lipinski definition) is 1. The topological polar surface area (TPSA) is 33.1 Å². The minimum Gasteiger partial charge on any atom is -0.506 e. The first-order valence-electron chi connectivity index (χ1n) is 4.37. The van der Waals surface area contributed by atoms with Gasteiger partial charge in [0.1, 0.15) is 5.75 Å². The summed E-state index contributed by atoms with van der Waals surface area (Å²) in [4.78, 5) is 4.11. The van der Waals surface area contributed by atoms with Crippen LogP contribution in [-0.4, -0.2) is 10.1 Å². The van der Waals surface area contributed by atoms with Crippen molar-refractivity contribution in [2.45, 2.75) is 13.3 Å². The molecule has 1 N–H and O–H groups in total. The molecule has 13 heavy (non-hydrogen) atoms. The van der Waals surface area contributed by atoms with E-state index in [9.17, 15) is 5.11 Å². The van der Waals surface area contributed by atoms with E-state index in [0.29, 0.717) is 0 Å². The smallest absolute Gasteiger partial charge is 0.134 e. The van der Waals surface area contributed by atoms with Crippen LogP contribution in [0, 0.1) is 0 Å². The zero-order valence-corrected chi connectivity index (χ0v) is 7.49. The first-order valence-corrected chi connectivity index (χ1v) is 4.37. The molecule has 0 aliphatic carbocycles. The Balaban J connectivity index is 2.68. The molecule has 2 nitrogen and oxygen atoms in total. The van der Waals surface area contributed by atoms with Gasteiger partial charge in [-0.05, 0) is 30.2 Å². The van der Waals surface area contributed by atoms with Crippen molar-refractivity contribution in [3.8, 4) is 5.75 Å². The lowest BCUT2D eigenvalue weighted by Gasteiger charge is -2.00. The molecule has 0 radical (unpaired) electrons. The van der Waals surface area contributed by atoms with Crippen molar-refractivity contribution < 1.29 is 5.11 Å². The molecule has 0 fully saturated rings. The van der Waals surface area contributed by atoms with E-state index >= 15 is 0 Å². The molecule has 0 unspecified atom stereocenters. The summed E-state index contributed by atoms with van der Waals surface area (Å²) in [7, 11) is 0. The molecule has 0 amide bonds. The summed E-state index contributed by atoms with van der Waals surface area (Å²) in [5.41, 5.74) is 2.19. The second kappa shape index (κ2) is 3.05. The zero-order valence-electron chi connectivity index (χ0n) is 7.49. The van der Waals surface area contributed by atoms with Crippen LogP contribution in [0.3, 0.4) is 0 Å². The first kappa shape index (κ1) is 8.05. The first-order chi connectivity index (χ1) is 6.29. The minimum absolute atomic E-state index is 0.223. The minimum atomic E-state index is 0.223. The highest BCUT2D eigenvalue weighted by atomic mass is 16.3. The highest BCUT2D eigenvalue weighted by Gasteiger charge is 1.97. The van der Waals surface area contributed by atoms with Crippen LogP contribution >= 0.6 is 0 Å². The molecule has 0 saturated heterocycles. The standard InChI is InChI=1S/C11H11NO/c1-2-8-3-4-11-9(5-8)6-10(13)7-12-11/h3-7,13H,2H2,1H3. The third kappa shape index (κ3) is 1.47. The van der Waals surface area contributed by atoms with Gasteiger partial charge in [-0.1, -0.05) is 13.0 Å². The van der Waals surface area contributed by atoms with Crippen LogP contribution in [-0.2, 0) is 6.42 Å². The highest BCUT2D eigenvalue weighted by Crippen LogP contribution is 2.18. The number of hydrogen-bond acceptors (Lipinski definition) is 2. The molecule has 66 valence electrons. The van der Waals surface area contributed by atoms with Crippen LogP contribution in [0.2, 0.25) is 0 Å². The van der Waals surface area contributed by atoms with E-state index in [0.717, 1.165) is 17.3 Å². The lowest BCUT2D eigenvalue weighted by atomic mass is 10.1. The molecule has 1 aromatic heterocycles. The maximum atomic E-state index is 9.23. The molecule has 2 heteroatoms. The normalized spacial score (nSPS) is 10.5. The predicted octanol–water partition coefficient (Wildman–Crippen LogP) is 2.50. The Morgan fingerprint density at radius 1 is 1.31 bits per heavy atom. The van der Waals surface area contributed by atoms with Gasteiger partial charge in [0.2, 0.25) is 0 Å². The van der Waals surface area contributed by atoms with Crippen LogP contribution in [0.1, 0.15) is 12.5 Å². The van der Waals surface area contributed by atoms with Gasteiger partial charge in [-0.2, -0.15) is 0 Å². The van der Waals surface area contributed by atoms with Gasteiger partial charge in [0.05, 0.1) is 11.7 Å². The SMILES string of the molecule is CCc1ccc2ncc(O)cc2c1. The molecular weight excluding hydrogens is 162 g/mol. The molecule has 2 aromatic rings. The number of aryl methyl sites for hydroxylation is 1. The third-order valence-corrected chi connectivity index (χ3v) is 2.14. The van der Waals surface area contributed by atoms with Gasteiger partial charge in [-0.25, -0.2) is 0 Å². The zero-order chi connectivity index (χ0) is 9.26. The number of fused-ring (bicyclic) bond motifs is 1. The van der Waals surface area contributed by atoms with Gasteiger partial charge in [-0.15, -0.1) is 0 Å². The number of benzene rings is 1. The highest BCUT2D eigenvalue weighted by molar-refractivity contribution is 5.80. The van der Waals surface area contributed by atoms with Crippen molar-refractivity contribution >= 4 is 10.9 Å². The van der Waals surface area contributed by atoms with Crippen molar-refractivity contribution in [2.75, 3.05) is 0 Å². The number of nitrogens with zero attached hydrogens (tertiary/aromatic N) is 1. The second-order valence-electron chi connectivity index (χ2n) is 3.07. The van der Waals surface area contributed by atoms with Crippen LogP contribution in [0.5, 0.6) is 5.75 Å². The Morgan fingerprint density at radius 3 is 2.92 bits per heavy atom. The maximum Gasteiger partial charge on any atom is 0.134 e. The number of aromatic hydroxyl groups is 1. The molecule has 0 aliphatic heterocycles. The summed E-state index contributed by atoms with van der Waals surface area (Å²) in [6.45, 7) is 2.11. The van der Waals surface area contributed by atoms with Crippen LogP contribution < -0.4 is 0 Å². The Hall–Kier alpha value is -1.57. The van der Waals surface area contributed by atoms with Crippen molar-refractivity contribution in [1.29, 1.82) is 0 Å². The molecule has 1 aromatic carbocycles. The molecule has 0 aliphatic rings. The molecule has 0 spiro atoms. The summed E-state index contributed by atoms with van der Waals surface area (Å²) in [6, 6.07) is 7.84. The van der Waals surface area contributed by atoms with E-state index in [1.54, 1.807) is 6.07 Å². The number of rotatable bonds is 1. The maximum absolute atomic E-state index is 9.23. The molecule has 0 atom stereocenters. The lowest BCUT2D eigenvalue weighted by Crippen LogP contribution is -1.82. The molecule has 2 rings (SSSR count). The summed E-state index contributed by atoms with van der Waals surface area (Å²) in [5, 5.41) is 10.2. The average Bonchev–Trinajstić information content (AvgIpc) is 2.16. The van der Waals surface area contributed by atoms with E-state index in [2.05, 4.69) is 24.0 Å². The van der Waals surface area contributed by atoms with E-state index in [1.807, 2.05) is 6.07 Å². The van der Waals surface area contributed by atoms with Gasteiger partial charge in [-0.3, -0.25) is 4.98 Å². The average molecular weight is 173 g/mol. The van der Waals surface area contributed by atoms with Crippen molar-refractivity contribution in [3.63, 3.8) is 0 Å². The summed E-state index contributed by atoms with van der Waals surface area (Å²) in [5.74, 6) is 0.223. The quantitative estimate of drug-likeness (QED) is 0.718. The Labute approximate surface area is 76.9 Å². The van der Waals surface area contributed by atoms with Gasteiger partial charge >= 0.3 is 0 Å². The summed E-state index contributed by atoms with van der Waals surface area (Å²) >= 11 is 0. The molecule has 1 heterocycles. The van der Waals surface area contributed by atoms with Crippen LogP contribution in [0.25, 0.3) is 10.9 Å². The Kier molecular flexibility index (Phi) is 1.89. The lowest BCUT2D eigenvalue weighted by molar-refractivity contribution is 0.474. The Bertz CT molecular complexity index is 437. The van der Waals surface area contributed by atoms with Crippen molar-refractivity contribution in [2.24, 2.45) is 0 Å². The fourth-order valence-corrected chi connectivity index (χ4v) is 1.39. The number of aromatic nitrogens is 1.